The molecule has 1 saturated heterocycles. The summed E-state index contributed by atoms with van der Waals surface area (Å²) in [4.78, 5) is 0. The van der Waals surface area contributed by atoms with E-state index in [4.69, 9.17) is 0 Å². The minimum absolute atomic E-state index is 0.624. The minimum atomic E-state index is 0.624. The summed E-state index contributed by atoms with van der Waals surface area (Å²) in [6.07, 6.45) is 2.63. The van der Waals surface area contributed by atoms with Crippen molar-refractivity contribution in [2.45, 2.75) is 38.0 Å². The molecule has 1 aliphatic heterocycles. The Hall–Kier alpha value is -0.150. The lowest BCUT2D eigenvalue weighted by molar-refractivity contribution is 0.617. The molecule has 1 fully saturated rings. The molecule has 0 bridgehead atoms. The molecule has 0 aromatic heterocycles. The summed E-state index contributed by atoms with van der Waals surface area (Å²) in [6.45, 7) is 4.46. The van der Waals surface area contributed by atoms with E-state index in [9.17, 15) is 0 Å². The zero-order valence-electron chi connectivity index (χ0n) is 9.79. The van der Waals surface area contributed by atoms with Crippen molar-refractivity contribution < 1.29 is 0 Å². The first kappa shape index (κ1) is 12.3. The smallest absolute Gasteiger partial charge is 0.0377 e. The second-order valence-electron chi connectivity index (χ2n) is 4.43. The lowest BCUT2D eigenvalue weighted by atomic mass is 10.1. The van der Waals surface area contributed by atoms with Crippen LogP contribution in [0.2, 0.25) is 0 Å². The summed E-state index contributed by atoms with van der Waals surface area (Å²) >= 11 is 5.62. The van der Waals surface area contributed by atoms with E-state index >= 15 is 0 Å². The third-order valence-electron chi connectivity index (χ3n) is 3.12. The van der Waals surface area contributed by atoms with Gasteiger partial charge in [-0.05, 0) is 49.3 Å². The minimum Gasteiger partial charge on any atom is -0.381 e. The highest BCUT2D eigenvalue weighted by molar-refractivity contribution is 9.10. The third-order valence-corrected chi connectivity index (χ3v) is 5.39. The van der Waals surface area contributed by atoms with Crippen molar-refractivity contribution in [2.75, 3.05) is 11.1 Å². The zero-order valence-corrected chi connectivity index (χ0v) is 12.2. The van der Waals surface area contributed by atoms with E-state index in [-0.39, 0.29) is 0 Å². The number of hydrogen-bond donors (Lipinski definition) is 1. The normalized spacial score (nSPS) is 25.4. The van der Waals surface area contributed by atoms with Gasteiger partial charge >= 0.3 is 0 Å². The summed E-state index contributed by atoms with van der Waals surface area (Å²) in [5, 5.41) is 4.38. The van der Waals surface area contributed by atoms with Gasteiger partial charge in [-0.1, -0.05) is 22.9 Å². The number of hydrogen-bond acceptors (Lipinski definition) is 2. The second kappa shape index (κ2) is 5.46. The molecular formula is C13H18BrNS. The van der Waals surface area contributed by atoms with Crippen molar-refractivity contribution >= 4 is 33.4 Å². The molecule has 2 rings (SSSR count). The molecule has 1 aliphatic rings. The van der Waals surface area contributed by atoms with E-state index in [1.165, 1.54) is 34.3 Å². The van der Waals surface area contributed by atoms with Crippen LogP contribution in [0.3, 0.4) is 0 Å². The Labute approximate surface area is 111 Å². The van der Waals surface area contributed by atoms with Gasteiger partial charge in [0, 0.05) is 21.5 Å². The summed E-state index contributed by atoms with van der Waals surface area (Å²) < 4.78 is 1.18. The van der Waals surface area contributed by atoms with Crippen LogP contribution in [0.25, 0.3) is 0 Å². The summed E-state index contributed by atoms with van der Waals surface area (Å²) in [5.41, 5.74) is 2.54. The number of thioether (sulfide) groups is 1. The Balaban J connectivity index is 2.05. The van der Waals surface area contributed by atoms with Crippen molar-refractivity contribution in [3.8, 4) is 0 Å². The van der Waals surface area contributed by atoms with Crippen LogP contribution in [0.5, 0.6) is 0 Å². The van der Waals surface area contributed by atoms with Gasteiger partial charge < -0.3 is 5.32 Å². The molecule has 88 valence electrons. The number of benzene rings is 1. The third kappa shape index (κ3) is 2.95. The van der Waals surface area contributed by atoms with E-state index < -0.39 is 0 Å². The second-order valence-corrected chi connectivity index (χ2v) is 6.77. The predicted molar refractivity (Wildman–Crippen MR) is 77.4 cm³/mol. The monoisotopic (exact) mass is 299 g/mol. The molecule has 1 aromatic rings. The van der Waals surface area contributed by atoms with Gasteiger partial charge in [-0.25, -0.2) is 0 Å². The van der Waals surface area contributed by atoms with Crippen LogP contribution in [-0.4, -0.2) is 17.0 Å². The maximum atomic E-state index is 3.66. The molecule has 16 heavy (non-hydrogen) atoms. The van der Waals surface area contributed by atoms with E-state index in [0.29, 0.717) is 6.04 Å². The largest absolute Gasteiger partial charge is 0.381 e. The summed E-state index contributed by atoms with van der Waals surface area (Å²) in [6, 6.07) is 7.12. The van der Waals surface area contributed by atoms with Gasteiger partial charge in [0.1, 0.15) is 0 Å². The van der Waals surface area contributed by atoms with Gasteiger partial charge in [-0.3, -0.25) is 0 Å². The Kier molecular flexibility index (Phi) is 4.20. The molecule has 3 heteroatoms. The Morgan fingerprint density at radius 2 is 2.25 bits per heavy atom. The van der Waals surface area contributed by atoms with Gasteiger partial charge in [-0.15, -0.1) is 0 Å². The standard InChI is InChI=1S/C13H18BrNS/c1-9-8-11(5-6-12(9)14)15-13-4-3-7-16-10(13)2/h5-6,8,10,13,15H,3-4,7H2,1-2H3. The van der Waals surface area contributed by atoms with Gasteiger partial charge in [0.05, 0.1) is 0 Å². The molecule has 1 N–H and O–H groups in total. The van der Waals surface area contributed by atoms with Crippen molar-refractivity contribution in [1.82, 2.24) is 0 Å². The SMILES string of the molecule is Cc1cc(NC2CCCSC2C)ccc1Br. The van der Waals surface area contributed by atoms with Crippen LogP contribution >= 0.6 is 27.7 Å². The fourth-order valence-corrected chi connectivity index (χ4v) is 3.45. The molecule has 2 atom stereocenters. The highest BCUT2D eigenvalue weighted by atomic mass is 79.9. The van der Waals surface area contributed by atoms with E-state index in [1.807, 2.05) is 0 Å². The highest BCUT2D eigenvalue weighted by Gasteiger charge is 2.21. The summed E-state index contributed by atoms with van der Waals surface area (Å²) in [5.74, 6) is 1.32. The maximum absolute atomic E-state index is 3.66. The van der Waals surface area contributed by atoms with Crippen molar-refractivity contribution in [1.29, 1.82) is 0 Å². The number of halogens is 1. The van der Waals surface area contributed by atoms with Crippen LogP contribution in [0.15, 0.2) is 22.7 Å². The Bertz CT molecular complexity index is 367. The average Bonchev–Trinajstić information content (AvgIpc) is 2.27. The fourth-order valence-electron chi connectivity index (χ4n) is 2.06. The van der Waals surface area contributed by atoms with E-state index in [0.717, 1.165) is 5.25 Å². The van der Waals surface area contributed by atoms with Gasteiger partial charge in [0.2, 0.25) is 0 Å². The molecule has 0 spiro atoms. The molecule has 1 nitrogen and oxygen atoms in total. The Morgan fingerprint density at radius 1 is 1.44 bits per heavy atom. The van der Waals surface area contributed by atoms with Gasteiger partial charge in [0.25, 0.3) is 0 Å². The first-order chi connectivity index (χ1) is 7.66. The van der Waals surface area contributed by atoms with Crippen molar-refractivity contribution in [3.63, 3.8) is 0 Å². The molecule has 1 aromatic carbocycles. The van der Waals surface area contributed by atoms with Gasteiger partial charge in [-0.2, -0.15) is 11.8 Å². The van der Waals surface area contributed by atoms with E-state index in [1.54, 1.807) is 0 Å². The van der Waals surface area contributed by atoms with Gasteiger partial charge in [0.15, 0.2) is 0 Å². The molecule has 0 amide bonds. The number of aryl methyl sites for hydroxylation is 1. The lowest BCUT2D eigenvalue weighted by Crippen LogP contribution is -2.32. The number of rotatable bonds is 2. The zero-order chi connectivity index (χ0) is 11.5. The van der Waals surface area contributed by atoms with Crippen molar-refractivity contribution in [3.05, 3.63) is 28.2 Å². The van der Waals surface area contributed by atoms with Crippen molar-refractivity contribution in [2.24, 2.45) is 0 Å². The molecule has 1 heterocycles. The van der Waals surface area contributed by atoms with Crippen LogP contribution in [0.4, 0.5) is 5.69 Å². The highest BCUT2D eigenvalue weighted by Crippen LogP contribution is 2.28. The molecule has 0 saturated carbocycles. The topological polar surface area (TPSA) is 12.0 Å². The quantitative estimate of drug-likeness (QED) is 0.866. The summed E-state index contributed by atoms with van der Waals surface area (Å²) in [7, 11) is 0. The molecule has 0 aliphatic carbocycles. The number of anilines is 1. The molecular weight excluding hydrogens is 282 g/mol. The first-order valence-corrected chi connectivity index (χ1v) is 7.65. The van der Waals surface area contributed by atoms with Crippen LogP contribution in [0, 0.1) is 6.92 Å². The Morgan fingerprint density at radius 3 is 2.94 bits per heavy atom. The fraction of sp³-hybridized carbons (Fsp3) is 0.538. The van der Waals surface area contributed by atoms with Crippen LogP contribution in [0.1, 0.15) is 25.3 Å². The maximum Gasteiger partial charge on any atom is 0.0377 e. The average molecular weight is 300 g/mol. The molecule has 2 unspecified atom stereocenters. The number of nitrogens with one attached hydrogen (secondary N) is 1. The van der Waals surface area contributed by atoms with Crippen LogP contribution < -0.4 is 5.32 Å². The predicted octanol–water partition coefficient (Wildman–Crippen LogP) is 4.45. The van der Waals surface area contributed by atoms with Crippen LogP contribution in [-0.2, 0) is 0 Å². The molecule has 0 radical (unpaired) electrons. The first-order valence-electron chi connectivity index (χ1n) is 5.81. The lowest BCUT2D eigenvalue weighted by Gasteiger charge is -2.30. The van der Waals surface area contributed by atoms with E-state index in [2.05, 4.69) is 65.1 Å².